The molecule has 2 unspecified atom stereocenters. The average molecular weight is 252 g/mol. The highest BCUT2D eigenvalue weighted by Crippen LogP contribution is 2.38. The van der Waals surface area contributed by atoms with Crippen molar-refractivity contribution in [1.29, 1.82) is 0 Å². The van der Waals surface area contributed by atoms with Gasteiger partial charge in [-0.1, -0.05) is 0 Å². The second-order valence-corrected chi connectivity index (χ2v) is 6.78. The number of rotatable bonds is 3. The van der Waals surface area contributed by atoms with Crippen LogP contribution in [0.3, 0.4) is 0 Å². The summed E-state index contributed by atoms with van der Waals surface area (Å²) in [5.41, 5.74) is 0.502. The Kier molecular flexibility index (Phi) is 2.76. The van der Waals surface area contributed by atoms with E-state index in [4.69, 9.17) is 0 Å². The third-order valence-electron chi connectivity index (χ3n) is 3.91. The molecule has 94 valence electrons. The molecule has 1 saturated carbocycles. The van der Waals surface area contributed by atoms with Crippen molar-refractivity contribution in [2.75, 3.05) is 6.54 Å². The fourth-order valence-electron chi connectivity index (χ4n) is 3.08. The van der Waals surface area contributed by atoms with Crippen LogP contribution in [0.1, 0.15) is 36.9 Å². The lowest BCUT2D eigenvalue weighted by atomic mass is 9.95. The van der Waals surface area contributed by atoms with Gasteiger partial charge in [-0.3, -0.25) is 4.90 Å². The van der Waals surface area contributed by atoms with E-state index in [1.165, 1.54) is 12.8 Å². The molecule has 3 rings (SSSR count). The number of likely N-dealkylation sites (tertiary alicyclic amines) is 1. The molecule has 2 atom stereocenters. The number of nitrogens with zero attached hydrogens (tertiary/aromatic N) is 2. The van der Waals surface area contributed by atoms with Gasteiger partial charge in [0.2, 0.25) is 0 Å². The highest BCUT2D eigenvalue weighted by Gasteiger charge is 2.46. The van der Waals surface area contributed by atoms with E-state index in [9.17, 15) is 5.11 Å². The summed E-state index contributed by atoms with van der Waals surface area (Å²) in [6.07, 6.45) is 4.23. The van der Waals surface area contributed by atoms with Gasteiger partial charge in [0.15, 0.2) is 0 Å². The molecule has 2 fully saturated rings. The SMILES string of the molecule is Cc1nc(CC2(O)CC(C)N(C3CC3)C2)cs1. The first-order valence-corrected chi connectivity index (χ1v) is 7.33. The van der Waals surface area contributed by atoms with Crippen LogP contribution < -0.4 is 0 Å². The lowest BCUT2D eigenvalue weighted by Crippen LogP contribution is -2.36. The monoisotopic (exact) mass is 252 g/mol. The molecule has 4 heteroatoms. The normalized spacial score (nSPS) is 34.4. The number of hydrogen-bond acceptors (Lipinski definition) is 4. The Morgan fingerprint density at radius 1 is 1.59 bits per heavy atom. The van der Waals surface area contributed by atoms with Crippen molar-refractivity contribution in [1.82, 2.24) is 9.88 Å². The smallest absolute Gasteiger partial charge is 0.0897 e. The van der Waals surface area contributed by atoms with Gasteiger partial charge in [0.25, 0.3) is 0 Å². The highest BCUT2D eigenvalue weighted by molar-refractivity contribution is 7.09. The van der Waals surface area contributed by atoms with Gasteiger partial charge in [-0.25, -0.2) is 4.98 Å². The molecule has 1 aliphatic carbocycles. The van der Waals surface area contributed by atoms with Gasteiger partial charge in [-0.2, -0.15) is 0 Å². The van der Waals surface area contributed by atoms with Crippen LogP contribution in [-0.4, -0.2) is 39.2 Å². The van der Waals surface area contributed by atoms with Gasteiger partial charge in [0, 0.05) is 30.4 Å². The highest BCUT2D eigenvalue weighted by atomic mass is 32.1. The molecule has 1 saturated heterocycles. The van der Waals surface area contributed by atoms with E-state index in [0.717, 1.165) is 29.7 Å². The molecule has 3 nitrogen and oxygen atoms in total. The van der Waals surface area contributed by atoms with Crippen molar-refractivity contribution in [3.63, 3.8) is 0 Å². The standard InChI is InChI=1S/C13H20N2OS/c1-9-5-13(16,8-15(9)12-3-4-12)6-11-7-17-10(2)14-11/h7,9,12,16H,3-6,8H2,1-2H3. The van der Waals surface area contributed by atoms with E-state index in [0.29, 0.717) is 12.5 Å². The Labute approximate surface area is 106 Å². The zero-order valence-corrected chi connectivity index (χ0v) is 11.3. The average Bonchev–Trinajstić information content (AvgIpc) is 2.94. The predicted octanol–water partition coefficient (Wildman–Crippen LogP) is 1.98. The van der Waals surface area contributed by atoms with Crippen LogP contribution in [0.25, 0.3) is 0 Å². The van der Waals surface area contributed by atoms with Crippen LogP contribution in [-0.2, 0) is 6.42 Å². The molecule has 0 amide bonds. The Morgan fingerprint density at radius 2 is 2.35 bits per heavy atom. The predicted molar refractivity (Wildman–Crippen MR) is 69.3 cm³/mol. The van der Waals surface area contributed by atoms with Gasteiger partial charge < -0.3 is 5.11 Å². The largest absolute Gasteiger partial charge is 0.388 e. The number of aromatic nitrogens is 1. The van der Waals surface area contributed by atoms with Gasteiger partial charge in [-0.05, 0) is 33.1 Å². The van der Waals surface area contributed by atoms with Gasteiger partial charge in [-0.15, -0.1) is 11.3 Å². The summed E-state index contributed by atoms with van der Waals surface area (Å²) >= 11 is 1.67. The topological polar surface area (TPSA) is 36.4 Å². The van der Waals surface area contributed by atoms with Crippen molar-refractivity contribution < 1.29 is 5.11 Å². The number of aryl methyl sites for hydroxylation is 1. The third-order valence-corrected chi connectivity index (χ3v) is 4.73. The fourth-order valence-corrected chi connectivity index (χ4v) is 3.69. The third kappa shape index (κ3) is 2.39. The first-order chi connectivity index (χ1) is 8.06. The molecular weight excluding hydrogens is 232 g/mol. The zero-order chi connectivity index (χ0) is 12.0. The molecule has 2 heterocycles. The van der Waals surface area contributed by atoms with Crippen molar-refractivity contribution in [2.45, 2.75) is 57.2 Å². The van der Waals surface area contributed by atoms with Crippen LogP contribution in [0.15, 0.2) is 5.38 Å². The minimum atomic E-state index is -0.553. The molecule has 0 spiro atoms. The summed E-state index contributed by atoms with van der Waals surface area (Å²) in [5.74, 6) is 0. The molecule has 1 N–H and O–H groups in total. The van der Waals surface area contributed by atoms with E-state index in [1.807, 2.05) is 6.92 Å². The maximum Gasteiger partial charge on any atom is 0.0897 e. The van der Waals surface area contributed by atoms with Crippen LogP contribution in [0.5, 0.6) is 0 Å². The van der Waals surface area contributed by atoms with Crippen LogP contribution in [0, 0.1) is 6.92 Å². The molecular formula is C13H20N2OS. The summed E-state index contributed by atoms with van der Waals surface area (Å²) in [4.78, 5) is 6.96. The van der Waals surface area contributed by atoms with Crippen LogP contribution in [0.2, 0.25) is 0 Å². The Morgan fingerprint density at radius 3 is 2.94 bits per heavy atom. The zero-order valence-electron chi connectivity index (χ0n) is 10.5. The van der Waals surface area contributed by atoms with Gasteiger partial charge >= 0.3 is 0 Å². The molecule has 1 aliphatic heterocycles. The number of thiazole rings is 1. The van der Waals surface area contributed by atoms with E-state index in [-0.39, 0.29) is 0 Å². The summed E-state index contributed by atoms with van der Waals surface area (Å²) in [7, 11) is 0. The summed E-state index contributed by atoms with van der Waals surface area (Å²) < 4.78 is 0. The lowest BCUT2D eigenvalue weighted by molar-refractivity contribution is 0.0479. The molecule has 17 heavy (non-hydrogen) atoms. The Bertz CT molecular complexity index is 415. The van der Waals surface area contributed by atoms with E-state index in [1.54, 1.807) is 11.3 Å². The van der Waals surface area contributed by atoms with Gasteiger partial charge in [0.05, 0.1) is 16.3 Å². The fraction of sp³-hybridized carbons (Fsp3) is 0.769. The molecule has 1 aromatic heterocycles. The van der Waals surface area contributed by atoms with Gasteiger partial charge in [0.1, 0.15) is 0 Å². The molecule has 1 aromatic rings. The maximum absolute atomic E-state index is 10.7. The van der Waals surface area contributed by atoms with Crippen molar-refractivity contribution in [2.24, 2.45) is 0 Å². The first-order valence-electron chi connectivity index (χ1n) is 6.45. The first kappa shape index (κ1) is 11.6. The maximum atomic E-state index is 10.7. The lowest BCUT2D eigenvalue weighted by Gasteiger charge is -2.22. The second-order valence-electron chi connectivity index (χ2n) is 5.72. The molecule has 0 radical (unpaired) electrons. The summed E-state index contributed by atoms with van der Waals surface area (Å²) in [6, 6.07) is 1.27. The quantitative estimate of drug-likeness (QED) is 0.893. The Balaban J connectivity index is 1.69. The summed E-state index contributed by atoms with van der Waals surface area (Å²) in [5, 5.41) is 13.9. The second kappa shape index (κ2) is 4.04. The molecule has 0 aromatic carbocycles. The van der Waals surface area contributed by atoms with Crippen molar-refractivity contribution in [3.05, 3.63) is 16.1 Å². The van der Waals surface area contributed by atoms with E-state index in [2.05, 4.69) is 22.2 Å². The summed E-state index contributed by atoms with van der Waals surface area (Å²) in [6.45, 7) is 5.09. The Hall–Kier alpha value is -0.450. The van der Waals surface area contributed by atoms with Crippen molar-refractivity contribution in [3.8, 4) is 0 Å². The number of hydrogen-bond donors (Lipinski definition) is 1. The molecule has 0 bridgehead atoms. The molecule has 2 aliphatic rings. The van der Waals surface area contributed by atoms with Crippen LogP contribution >= 0.6 is 11.3 Å². The number of β-amino-alcohol motifs (C(OH)–C–C–N with tert-alkyl or cyclic N) is 1. The minimum absolute atomic E-state index is 0.521. The minimum Gasteiger partial charge on any atom is -0.388 e. The van der Waals surface area contributed by atoms with Crippen molar-refractivity contribution >= 4 is 11.3 Å². The number of aliphatic hydroxyl groups is 1. The van der Waals surface area contributed by atoms with E-state index >= 15 is 0 Å². The van der Waals surface area contributed by atoms with Crippen LogP contribution in [0.4, 0.5) is 0 Å². The van der Waals surface area contributed by atoms with E-state index < -0.39 is 5.60 Å².